The lowest BCUT2D eigenvalue weighted by Gasteiger charge is -2.25. The predicted molar refractivity (Wildman–Crippen MR) is 76.6 cm³/mol. The van der Waals surface area contributed by atoms with Crippen LogP contribution in [0.25, 0.3) is 0 Å². The highest BCUT2D eigenvalue weighted by Gasteiger charge is 2.31. The molecule has 1 saturated heterocycles. The number of methoxy groups -OCH3 is 1. The maximum atomic E-state index is 12.5. The molecule has 1 aromatic carbocycles. The molecule has 0 aliphatic carbocycles. The normalized spacial score (nSPS) is 17.4. The van der Waals surface area contributed by atoms with Gasteiger partial charge in [-0.15, -0.1) is 0 Å². The third-order valence-electron chi connectivity index (χ3n) is 3.56. The maximum Gasteiger partial charge on any atom is 0.228 e. The van der Waals surface area contributed by atoms with Crippen LogP contribution in [-0.2, 0) is 16.1 Å². The molecule has 0 aromatic heterocycles. The van der Waals surface area contributed by atoms with Gasteiger partial charge in [-0.2, -0.15) is 0 Å². The summed E-state index contributed by atoms with van der Waals surface area (Å²) in [5.41, 5.74) is 0.874. The number of benzene rings is 1. The Morgan fingerprint density at radius 3 is 2.86 bits per heavy atom. The van der Waals surface area contributed by atoms with Crippen LogP contribution in [0.5, 0.6) is 5.75 Å². The van der Waals surface area contributed by atoms with Crippen molar-refractivity contribution in [3.8, 4) is 5.75 Å². The summed E-state index contributed by atoms with van der Waals surface area (Å²) in [6, 6.07) is 7.45. The van der Waals surface area contributed by atoms with Crippen molar-refractivity contribution in [3.63, 3.8) is 0 Å². The highest BCUT2D eigenvalue weighted by atomic mass is 16.5. The van der Waals surface area contributed by atoms with E-state index >= 15 is 0 Å². The van der Waals surface area contributed by atoms with Crippen LogP contribution >= 0.6 is 0 Å². The van der Waals surface area contributed by atoms with E-state index in [1.165, 1.54) is 0 Å². The minimum absolute atomic E-state index is 0.102. The fourth-order valence-corrected chi connectivity index (χ4v) is 2.47. The highest BCUT2D eigenvalue weighted by molar-refractivity contribution is 5.89. The van der Waals surface area contributed by atoms with Gasteiger partial charge >= 0.3 is 0 Å². The van der Waals surface area contributed by atoms with Crippen LogP contribution < -0.4 is 10.1 Å². The van der Waals surface area contributed by atoms with Crippen LogP contribution in [0.1, 0.15) is 12.0 Å². The number of ether oxygens (including phenoxy) is 1. The van der Waals surface area contributed by atoms with E-state index in [0.29, 0.717) is 18.8 Å². The summed E-state index contributed by atoms with van der Waals surface area (Å²) in [6.45, 7) is 0.843. The average molecular weight is 292 g/mol. The van der Waals surface area contributed by atoms with Crippen molar-refractivity contribution in [3.05, 3.63) is 29.8 Å². The quantitative estimate of drug-likeness (QED) is 0.782. The smallest absolute Gasteiger partial charge is 0.228 e. The standard InChI is InChI=1S/C15H20N2O4/c1-21-13-5-3-2-4-11(13)10-17(6-7-18)15(20)12-8-14(19)16-9-12/h2-5,12,18H,6-10H2,1H3,(H,16,19). The van der Waals surface area contributed by atoms with E-state index in [1.54, 1.807) is 12.0 Å². The second kappa shape index (κ2) is 7.08. The molecule has 1 aromatic rings. The summed E-state index contributed by atoms with van der Waals surface area (Å²) < 4.78 is 5.28. The number of para-hydroxylation sites is 1. The molecule has 0 spiro atoms. The van der Waals surface area contributed by atoms with Gasteiger partial charge in [-0.3, -0.25) is 9.59 Å². The zero-order valence-electron chi connectivity index (χ0n) is 12.0. The van der Waals surface area contributed by atoms with Gasteiger partial charge in [0.15, 0.2) is 0 Å². The molecule has 1 aliphatic heterocycles. The van der Waals surface area contributed by atoms with Crippen LogP contribution in [0.3, 0.4) is 0 Å². The fraction of sp³-hybridized carbons (Fsp3) is 0.467. The Morgan fingerprint density at radius 1 is 1.48 bits per heavy atom. The molecule has 0 radical (unpaired) electrons. The van der Waals surface area contributed by atoms with Gasteiger partial charge in [0, 0.05) is 31.6 Å². The molecule has 2 rings (SSSR count). The first-order chi connectivity index (χ1) is 10.2. The Morgan fingerprint density at radius 2 is 2.24 bits per heavy atom. The molecule has 1 atom stereocenters. The molecule has 2 N–H and O–H groups in total. The van der Waals surface area contributed by atoms with Gasteiger partial charge in [-0.05, 0) is 6.07 Å². The van der Waals surface area contributed by atoms with Gasteiger partial charge in [-0.1, -0.05) is 18.2 Å². The Kier molecular flexibility index (Phi) is 5.16. The molecular formula is C15H20N2O4. The van der Waals surface area contributed by atoms with Gasteiger partial charge in [0.05, 0.1) is 19.6 Å². The van der Waals surface area contributed by atoms with Crippen LogP contribution in [0, 0.1) is 5.92 Å². The molecule has 1 heterocycles. The molecule has 21 heavy (non-hydrogen) atoms. The SMILES string of the molecule is COc1ccccc1CN(CCO)C(=O)C1CNC(=O)C1. The van der Waals surface area contributed by atoms with E-state index in [9.17, 15) is 14.7 Å². The minimum Gasteiger partial charge on any atom is -0.496 e. The topological polar surface area (TPSA) is 78.9 Å². The van der Waals surface area contributed by atoms with Crippen LogP contribution in [0.2, 0.25) is 0 Å². The average Bonchev–Trinajstić information content (AvgIpc) is 2.93. The molecule has 1 unspecified atom stereocenters. The van der Waals surface area contributed by atoms with E-state index in [-0.39, 0.29) is 37.3 Å². The number of nitrogens with zero attached hydrogens (tertiary/aromatic N) is 1. The lowest BCUT2D eigenvalue weighted by atomic mass is 10.1. The van der Waals surface area contributed by atoms with Gasteiger partial charge < -0.3 is 20.1 Å². The van der Waals surface area contributed by atoms with Gasteiger partial charge in [0.25, 0.3) is 0 Å². The van der Waals surface area contributed by atoms with E-state index in [2.05, 4.69) is 5.32 Å². The number of hydrogen-bond donors (Lipinski definition) is 2. The van der Waals surface area contributed by atoms with Crippen LogP contribution in [-0.4, -0.2) is 48.6 Å². The van der Waals surface area contributed by atoms with Crippen molar-refractivity contribution in [2.45, 2.75) is 13.0 Å². The largest absolute Gasteiger partial charge is 0.496 e. The molecule has 114 valence electrons. The molecule has 1 fully saturated rings. The first kappa shape index (κ1) is 15.3. The van der Waals surface area contributed by atoms with Crippen molar-refractivity contribution >= 4 is 11.8 Å². The number of carbonyl (C=O) groups excluding carboxylic acids is 2. The van der Waals surface area contributed by atoms with Crippen molar-refractivity contribution in [2.75, 3.05) is 26.8 Å². The van der Waals surface area contributed by atoms with Gasteiger partial charge in [-0.25, -0.2) is 0 Å². The van der Waals surface area contributed by atoms with Crippen molar-refractivity contribution in [1.82, 2.24) is 10.2 Å². The second-order valence-corrected chi connectivity index (χ2v) is 5.00. The zero-order chi connectivity index (χ0) is 15.2. The summed E-state index contributed by atoms with van der Waals surface area (Å²) in [6.07, 6.45) is 0.215. The highest BCUT2D eigenvalue weighted by Crippen LogP contribution is 2.21. The Labute approximate surface area is 123 Å². The monoisotopic (exact) mass is 292 g/mol. The first-order valence-electron chi connectivity index (χ1n) is 6.94. The van der Waals surface area contributed by atoms with Crippen molar-refractivity contribution in [2.24, 2.45) is 5.92 Å². The lowest BCUT2D eigenvalue weighted by molar-refractivity contribution is -0.137. The number of rotatable bonds is 6. The Bertz CT molecular complexity index is 518. The van der Waals surface area contributed by atoms with E-state index in [1.807, 2.05) is 24.3 Å². The van der Waals surface area contributed by atoms with E-state index in [4.69, 9.17) is 4.74 Å². The number of aliphatic hydroxyl groups excluding tert-OH is 1. The third-order valence-corrected chi connectivity index (χ3v) is 3.56. The molecule has 2 amide bonds. The predicted octanol–water partition coefficient (Wildman–Crippen LogP) is 0.152. The number of aliphatic hydroxyl groups is 1. The summed E-state index contributed by atoms with van der Waals surface area (Å²) in [7, 11) is 1.58. The van der Waals surface area contributed by atoms with Crippen molar-refractivity contribution < 1.29 is 19.4 Å². The van der Waals surface area contributed by atoms with Crippen LogP contribution in [0.4, 0.5) is 0 Å². The van der Waals surface area contributed by atoms with Gasteiger partial charge in [0.1, 0.15) is 5.75 Å². The number of amides is 2. The van der Waals surface area contributed by atoms with Crippen LogP contribution in [0.15, 0.2) is 24.3 Å². The molecule has 6 nitrogen and oxygen atoms in total. The fourth-order valence-electron chi connectivity index (χ4n) is 2.47. The zero-order valence-corrected chi connectivity index (χ0v) is 12.0. The molecule has 0 saturated carbocycles. The summed E-state index contributed by atoms with van der Waals surface area (Å²) in [4.78, 5) is 25.3. The lowest BCUT2D eigenvalue weighted by Crippen LogP contribution is -2.38. The van der Waals surface area contributed by atoms with E-state index < -0.39 is 0 Å². The molecule has 1 aliphatic rings. The minimum atomic E-state index is -0.348. The van der Waals surface area contributed by atoms with Crippen molar-refractivity contribution in [1.29, 1.82) is 0 Å². The van der Waals surface area contributed by atoms with E-state index in [0.717, 1.165) is 5.56 Å². The number of hydrogen-bond acceptors (Lipinski definition) is 4. The third kappa shape index (κ3) is 3.72. The van der Waals surface area contributed by atoms with Gasteiger partial charge in [0.2, 0.25) is 11.8 Å². The summed E-state index contributed by atoms with van der Waals surface area (Å²) in [5.74, 6) is 0.135. The first-order valence-corrected chi connectivity index (χ1v) is 6.94. The summed E-state index contributed by atoms with van der Waals surface area (Å²) >= 11 is 0. The molecule has 6 heteroatoms. The summed E-state index contributed by atoms with van der Waals surface area (Å²) in [5, 5.41) is 11.8. The Balaban J connectivity index is 2.11. The number of carbonyl (C=O) groups is 2. The Hall–Kier alpha value is -2.08. The maximum absolute atomic E-state index is 12.5. The second-order valence-electron chi connectivity index (χ2n) is 5.00. The number of nitrogens with one attached hydrogen (secondary N) is 1. The molecular weight excluding hydrogens is 272 g/mol. The molecule has 0 bridgehead atoms.